The smallest absolute Gasteiger partial charge is 0.194 e. The molecule has 1 N–H and O–H groups in total. The summed E-state index contributed by atoms with van der Waals surface area (Å²) >= 11 is 0. The van der Waals surface area contributed by atoms with Gasteiger partial charge in [-0.1, -0.05) is 35.0 Å². The van der Waals surface area contributed by atoms with Crippen LogP contribution in [0.3, 0.4) is 0 Å². The molecule has 1 aromatic carbocycles. The lowest BCUT2D eigenvalue weighted by molar-refractivity contribution is -0.225. The van der Waals surface area contributed by atoms with Crippen molar-refractivity contribution in [2.45, 2.75) is 37.8 Å². The molecule has 2 aliphatic rings. The van der Waals surface area contributed by atoms with Crippen LogP contribution in [-0.2, 0) is 15.1 Å². The van der Waals surface area contributed by atoms with E-state index in [0.717, 1.165) is 12.0 Å². The van der Waals surface area contributed by atoms with Gasteiger partial charge in [0, 0.05) is 11.6 Å². The van der Waals surface area contributed by atoms with Gasteiger partial charge in [0.05, 0.1) is 12.7 Å². The first kappa shape index (κ1) is 13.0. The maximum atomic E-state index is 10.8. The van der Waals surface area contributed by atoms with Crippen LogP contribution in [0.2, 0.25) is 0 Å². The van der Waals surface area contributed by atoms with Crippen LogP contribution in [-0.4, -0.2) is 29.3 Å². The normalized spacial score (nSPS) is 31.5. The summed E-state index contributed by atoms with van der Waals surface area (Å²) < 4.78 is 16.5. The molecule has 2 saturated heterocycles. The zero-order valence-electron chi connectivity index (χ0n) is 11.8. The molecule has 21 heavy (non-hydrogen) atoms. The van der Waals surface area contributed by atoms with Gasteiger partial charge in [-0.3, -0.25) is 0 Å². The molecule has 4 rings (SSSR count). The lowest BCUT2D eigenvalue weighted by Crippen LogP contribution is -2.43. The van der Waals surface area contributed by atoms with Crippen molar-refractivity contribution in [1.29, 1.82) is 0 Å². The molecule has 0 saturated carbocycles. The van der Waals surface area contributed by atoms with Crippen LogP contribution in [0, 0.1) is 6.92 Å². The second-order valence-corrected chi connectivity index (χ2v) is 5.83. The van der Waals surface area contributed by atoms with E-state index in [-0.39, 0.29) is 6.10 Å². The molecule has 0 amide bonds. The Morgan fingerprint density at radius 3 is 2.90 bits per heavy atom. The second-order valence-electron chi connectivity index (χ2n) is 5.83. The minimum Gasteiger partial charge on any atom is -0.377 e. The van der Waals surface area contributed by atoms with Gasteiger partial charge < -0.3 is 19.1 Å². The molecule has 5 heteroatoms. The minimum atomic E-state index is -1.25. The average molecular weight is 287 g/mol. The summed E-state index contributed by atoms with van der Waals surface area (Å²) in [6.45, 7) is 2.57. The van der Waals surface area contributed by atoms with Crippen molar-refractivity contribution in [3.8, 4) is 11.3 Å². The predicted molar refractivity (Wildman–Crippen MR) is 74.4 cm³/mol. The Bertz CT molecular complexity index is 651. The van der Waals surface area contributed by atoms with Gasteiger partial charge >= 0.3 is 0 Å². The Morgan fingerprint density at radius 1 is 1.29 bits per heavy atom. The molecule has 0 aliphatic carbocycles. The highest BCUT2D eigenvalue weighted by molar-refractivity contribution is 5.59. The average Bonchev–Trinajstić information content (AvgIpc) is 3.13. The highest BCUT2D eigenvalue weighted by Crippen LogP contribution is 2.42. The number of fused-ring (bicyclic) bond motifs is 2. The largest absolute Gasteiger partial charge is 0.377 e. The number of benzene rings is 1. The molecule has 1 aromatic heterocycles. The summed E-state index contributed by atoms with van der Waals surface area (Å²) in [5.74, 6) is 0.406. The lowest BCUT2D eigenvalue weighted by atomic mass is 9.90. The Morgan fingerprint density at radius 2 is 2.10 bits per heavy atom. The first-order valence-electron chi connectivity index (χ1n) is 7.19. The van der Waals surface area contributed by atoms with Crippen LogP contribution in [0.25, 0.3) is 11.3 Å². The summed E-state index contributed by atoms with van der Waals surface area (Å²) in [4.78, 5) is 0. The number of rotatable bonds is 2. The summed E-state index contributed by atoms with van der Waals surface area (Å²) in [7, 11) is 0. The zero-order chi connectivity index (χ0) is 14.4. The van der Waals surface area contributed by atoms with Gasteiger partial charge in [0.2, 0.25) is 0 Å². The Balaban J connectivity index is 1.66. The molecule has 3 atom stereocenters. The van der Waals surface area contributed by atoms with Crippen molar-refractivity contribution >= 4 is 0 Å². The van der Waals surface area contributed by atoms with Crippen molar-refractivity contribution in [2.24, 2.45) is 0 Å². The Labute approximate surface area is 122 Å². The van der Waals surface area contributed by atoms with Gasteiger partial charge in [0.1, 0.15) is 5.69 Å². The van der Waals surface area contributed by atoms with Crippen LogP contribution < -0.4 is 0 Å². The monoisotopic (exact) mass is 287 g/mol. The van der Waals surface area contributed by atoms with E-state index in [4.69, 9.17) is 14.0 Å². The molecule has 5 nitrogen and oxygen atoms in total. The van der Waals surface area contributed by atoms with Crippen molar-refractivity contribution in [3.63, 3.8) is 0 Å². The van der Waals surface area contributed by atoms with Crippen molar-refractivity contribution < 1.29 is 19.1 Å². The van der Waals surface area contributed by atoms with E-state index in [0.29, 0.717) is 24.5 Å². The van der Waals surface area contributed by atoms with E-state index in [2.05, 4.69) is 5.16 Å². The van der Waals surface area contributed by atoms with Gasteiger partial charge in [0.15, 0.2) is 17.7 Å². The molecule has 110 valence electrons. The Kier molecular flexibility index (Phi) is 2.89. The van der Waals surface area contributed by atoms with Crippen molar-refractivity contribution in [2.75, 3.05) is 6.61 Å². The summed E-state index contributed by atoms with van der Waals surface area (Å²) in [6, 6.07) is 9.79. The fraction of sp³-hybridized carbons (Fsp3) is 0.438. The maximum Gasteiger partial charge on any atom is 0.194 e. The zero-order valence-corrected chi connectivity index (χ0v) is 11.8. The summed E-state index contributed by atoms with van der Waals surface area (Å²) in [5, 5.41) is 14.9. The molecule has 0 radical (unpaired) electrons. The van der Waals surface area contributed by atoms with Crippen LogP contribution >= 0.6 is 0 Å². The van der Waals surface area contributed by atoms with E-state index in [1.807, 2.05) is 31.2 Å². The third kappa shape index (κ3) is 2.09. The number of hydrogen-bond acceptors (Lipinski definition) is 5. The van der Waals surface area contributed by atoms with Crippen molar-refractivity contribution in [3.05, 3.63) is 41.7 Å². The number of aromatic nitrogens is 1. The van der Waals surface area contributed by atoms with Gasteiger partial charge in [0.25, 0.3) is 0 Å². The number of nitrogens with zero attached hydrogens (tertiary/aromatic N) is 1. The second kappa shape index (κ2) is 4.66. The van der Waals surface area contributed by atoms with E-state index in [9.17, 15) is 5.11 Å². The Hall–Kier alpha value is -1.69. The molecular weight excluding hydrogens is 270 g/mol. The molecular formula is C16H17NO4. The van der Waals surface area contributed by atoms with E-state index < -0.39 is 11.9 Å². The highest BCUT2D eigenvalue weighted by atomic mass is 16.7. The number of aliphatic hydroxyl groups is 1. The summed E-state index contributed by atoms with van der Waals surface area (Å²) in [5.41, 5.74) is 1.61. The minimum absolute atomic E-state index is 0.0924. The third-order valence-electron chi connectivity index (χ3n) is 4.27. The van der Waals surface area contributed by atoms with Crippen LogP contribution in [0.15, 0.2) is 34.9 Å². The molecule has 2 bridgehead atoms. The standard InChI is InChI=1S/C16H17NO4/c1-10-2-4-11(5-3-10)13-8-14(21-17-13)16(18)7-6-12-9-19-15(16)20-12/h2-5,8,12,15,18H,6-7,9H2,1H3/t12-,15-,16+/m0/s1. The third-order valence-corrected chi connectivity index (χ3v) is 4.27. The fourth-order valence-corrected chi connectivity index (χ4v) is 2.93. The first-order chi connectivity index (χ1) is 10.1. The van der Waals surface area contributed by atoms with Gasteiger partial charge in [-0.2, -0.15) is 0 Å². The molecule has 2 fully saturated rings. The maximum absolute atomic E-state index is 10.8. The van der Waals surface area contributed by atoms with Gasteiger partial charge in [-0.25, -0.2) is 0 Å². The van der Waals surface area contributed by atoms with Crippen LogP contribution in [0.4, 0.5) is 0 Å². The predicted octanol–water partition coefficient (Wildman–Crippen LogP) is 2.37. The van der Waals surface area contributed by atoms with Gasteiger partial charge in [-0.05, 0) is 19.8 Å². The molecule has 0 spiro atoms. The summed E-state index contributed by atoms with van der Waals surface area (Å²) in [6.07, 6.45) is 0.753. The van der Waals surface area contributed by atoms with E-state index in [1.165, 1.54) is 5.56 Å². The van der Waals surface area contributed by atoms with E-state index in [1.54, 1.807) is 6.07 Å². The van der Waals surface area contributed by atoms with E-state index >= 15 is 0 Å². The highest BCUT2D eigenvalue weighted by Gasteiger charge is 2.51. The van der Waals surface area contributed by atoms with Crippen molar-refractivity contribution in [1.82, 2.24) is 5.16 Å². The SMILES string of the molecule is Cc1ccc(-c2cc([C@]3(O)CC[C@H]4CO[C@H]3O4)on2)cc1. The van der Waals surface area contributed by atoms with Crippen LogP contribution in [0.5, 0.6) is 0 Å². The molecule has 2 aliphatic heterocycles. The topological polar surface area (TPSA) is 64.7 Å². The first-order valence-corrected chi connectivity index (χ1v) is 7.19. The van der Waals surface area contributed by atoms with Gasteiger partial charge in [-0.15, -0.1) is 0 Å². The quantitative estimate of drug-likeness (QED) is 0.918. The number of aryl methyl sites for hydroxylation is 1. The fourth-order valence-electron chi connectivity index (χ4n) is 2.93. The molecule has 3 heterocycles. The molecule has 0 unspecified atom stereocenters. The molecule has 2 aromatic rings. The van der Waals surface area contributed by atoms with Crippen LogP contribution in [0.1, 0.15) is 24.2 Å². The number of ether oxygens (including phenoxy) is 2. The lowest BCUT2D eigenvalue weighted by Gasteiger charge is -2.33. The number of hydrogen-bond donors (Lipinski definition) is 1.